The minimum atomic E-state index is -0.369. The van der Waals surface area contributed by atoms with Gasteiger partial charge in [-0.05, 0) is 31.7 Å². The van der Waals surface area contributed by atoms with E-state index in [4.69, 9.17) is 0 Å². The first-order chi connectivity index (χ1) is 10.5. The van der Waals surface area contributed by atoms with Crippen LogP contribution in [0.5, 0.6) is 0 Å². The van der Waals surface area contributed by atoms with E-state index < -0.39 is 0 Å². The zero-order valence-corrected chi connectivity index (χ0v) is 14.3. The van der Waals surface area contributed by atoms with Gasteiger partial charge in [0.15, 0.2) is 0 Å². The number of aryl methyl sites for hydroxylation is 1. The lowest BCUT2D eigenvalue weighted by molar-refractivity contribution is -0.132. The van der Waals surface area contributed by atoms with Gasteiger partial charge in [0.25, 0.3) is 5.91 Å². The molecule has 0 atom stereocenters. The van der Waals surface area contributed by atoms with Gasteiger partial charge < -0.3 is 15.1 Å². The maximum Gasteiger partial charge on any atom is 0.254 e. The van der Waals surface area contributed by atoms with Gasteiger partial charge in [0.2, 0.25) is 5.91 Å². The molecule has 0 saturated carbocycles. The summed E-state index contributed by atoms with van der Waals surface area (Å²) in [7, 11) is 1.81. The van der Waals surface area contributed by atoms with Crippen LogP contribution in [0.1, 0.15) is 22.3 Å². The summed E-state index contributed by atoms with van der Waals surface area (Å²) in [5.41, 5.74) is 0.884. The first kappa shape index (κ1) is 19.4. The lowest BCUT2D eigenvalue weighted by atomic mass is 10.1. The van der Waals surface area contributed by atoms with Crippen molar-refractivity contribution in [3.05, 3.63) is 35.1 Å². The second-order valence-electron chi connectivity index (χ2n) is 5.49. The number of piperazine rings is 1. The fourth-order valence-corrected chi connectivity index (χ4v) is 2.46. The average molecular weight is 344 g/mol. The van der Waals surface area contributed by atoms with Gasteiger partial charge in [-0.1, -0.05) is 6.07 Å². The molecular formula is C16H23ClFN3O2. The van der Waals surface area contributed by atoms with Gasteiger partial charge >= 0.3 is 0 Å². The lowest BCUT2D eigenvalue weighted by Crippen LogP contribution is -2.50. The van der Waals surface area contributed by atoms with E-state index in [-0.39, 0.29) is 30.0 Å². The summed E-state index contributed by atoms with van der Waals surface area (Å²) in [5, 5.41) is 2.95. The molecule has 2 rings (SSSR count). The van der Waals surface area contributed by atoms with E-state index in [1.165, 1.54) is 6.07 Å². The predicted molar refractivity (Wildman–Crippen MR) is 89.4 cm³/mol. The fourth-order valence-electron chi connectivity index (χ4n) is 2.46. The number of carbonyl (C=O) groups is 2. The van der Waals surface area contributed by atoms with Crippen molar-refractivity contribution >= 4 is 24.2 Å². The summed E-state index contributed by atoms with van der Waals surface area (Å²) < 4.78 is 13.6. The molecule has 1 heterocycles. The Hall–Kier alpha value is -1.66. The zero-order valence-electron chi connectivity index (χ0n) is 13.5. The SMILES string of the molecule is CNCCC(=O)N1CCN(C(=O)c2ccc(C)c(F)c2)CC1.Cl. The number of nitrogens with one attached hydrogen (secondary N) is 1. The molecule has 0 radical (unpaired) electrons. The Balaban J connectivity index is 0.00000264. The molecule has 1 fully saturated rings. The number of hydrogen-bond acceptors (Lipinski definition) is 3. The molecule has 0 bridgehead atoms. The molecule has 1 aliphatic rings. The standard InChI is InChI=1S/C16H22FN3O2.ClH/c1-12-3-4-13(11-14(12)17)16(22)20-9-7-19(8-10-20)15(21)5-6-18-2;/h3-4,11,18H,5-10H2,1-2H3;1H. The highest BCUT2D eigenvalue weighted by atomic mass is 35.5. The maximum atomic E-state index is 13.6. The highest BCUT2D eigenvalue weighted by Crippen LogP contribution is 2.13. The van der Waals surface area contributed by atoms with Crippen molar-refractivity contribution in [3.8, 4) is 0 Å². The van der Waals surface area contributed by atoms with Crippen LogP contribution >= 0.6 is 12.4 Å². The summed E-state index contributed by atoms with van der Waals surface area (Å²) >= 11 is 0. The van der Waals surface area contributed by atoms with Gasteiger partial charge in [-0.25, -0.2) is 4.39 Å². The number of amides is 2. The molecule has 1 aromatic rings. The van der Waals surface area contributed by atoms with Gasteiger partial charge in [-0.2, -0.15) is 0 Å². The van der Waals surface area contributed by atoms with Crippen LogP contribution in [0.25, 0.3) is 0 Å². The molecule has 1 aliphatic heterocycles. The molecule has 7 heteroatoms. The van der Waals surface area contributed by atoms with Gasteiger partial charge in [0.1, 0.15) is 5.82 Å². The highest BCUT2D eigenvalue weighted by Gasteiger charge is 2.24. The van der Waals surface area contributed by atoms with Crippen molar-refractivity contribution in [2.45, 2.75) is 13.3 Å². The Morgan fingerprint density at radius 1 is 1.17 bits per heavy atom. The molecule has 128 valence electrons. The summed E-state index contributed by atoms with van der Waals surface area (Å²) in [6, 6.07) is 4.54. The fraction of sp³-hybridized carbons (Fsp3) is 0.500. The number of hydrogen-bond donors (Lipinski definition) is 1. The van der Waals surface area contributed by atoms with Crippen LogP contribution in [-0.4, -0.2) is 61.4 Å². The van der Waals surface area contributed by atoms with Crippen LogP contribution in [-0.2, 0) is 4.79 Å². The average Bonchev–Trinajstić information content (AvgIpc) is 2.54. The minimum absolute atomic E-state index is 0. The van der Waals surface area contributed by atoms with Crippen molar-refractivity contribution < 1.29 is 14.0 Å². The third-order valence-corrected chi connectivity index (χ3v) is 3.93. The summed E-state index contributed by atoms with van der Waals surface area (Å²) in [6.45, 7) is 4.35. The van der Waals surface area contributed by atoms with Gasteiger partial charge in [0, 0.05) is 44.7 Å². The minimum Gasteiger partial charge on any atom is -0.339 e. The summed E-state index contributed by atoms with van der Waals surface area (Å²) in [5.74, 6) is -0.448. The molecule has 2 amide bonds. The molecule has 1 N–H and O–H groups in total. The van der Waals surface area contributed by atoms with Crippen molar-refractivity contribution in [2.24, 2.45) is 0 Å². The van der Waals surface area contributed by atoms with E-state index in [0.717, 1.165) is 0 Å². The van der Waals surface area contributed by atoms with Gasteiger partial charge in [-0.15, -0.1) is 12.4 Å². The first-order valence-electron chi connectivity index (χ1n) is 7.50. The molecular weight excluding hydrogens is 321 g/mol. The maximum absolute atomic E-state index is 13.6. The normalized spacial score (nSPS) is 14.4. The monoisotopic (exact) mass is 343 g/mol. The molecule has 5 nitrogen and oxygen atoms in total. The van der Waals surface area contributed by atoms with Crippen LogP contribution in [0.4, 0.5) is 4.39 Å². The van der Waals surface area contributed by atoms with Crippen molar-refractivity contribution in [2.75, 3.05) is 39.8 Å². The Bertz CT molecular complexity index is 560. The van der Waals surface area contributed by atoms with E-state index >= 15 is 0 Å². The Labute approximate surface area is 142 Å². The molecule has 0 unspecified atom stereocenters. The van der Waals surface area contributed by atoms with Gasteiger partial charge in [-0.3, -0.25) is 9.59 Å². The predicted octanol–water partition coefficient (Wildman–Crippen LogP) is 1.45. The quantitative estimate of drug-likeness (QED) is 0.900. The van der Waals surface area contributed by atoms with Crippen LogP contribution in [0, 0.1) is 12.7 Å². The first-order valence-corrected chi connectivity index (χ1v) is 7.50. The van der Waals surface area contributed by atoms with Crippen molar-refractivity contribution in [1.29, 1.82) is 0 Å². The van der Waals surface area contributed by atoms with Crippen molar-refractivity contribution in [3.63, 3.8) is 0 Å². The topological polar surface area (TPSA) is 52.7 Å². The Kier molecular flexibility index (Phi) is 7.45. The second-order valence-corrected chi connectivity index (χ2v) is 5.49. The number of rotatable bonds is 4. The lowest BCUT2D eigenvalue weighted by Gasteiger charge is -2.35. The third kappa shape index (κ3) is 4.91. The van der Waals surface area contributed by atoms with E-state index in [2.05, 4.69) is 5.32 Å². The number of benzene rings is 1. The Morgan fingerprint density at radius 2 is 1.78 bits per heavy atom. The molecule has 23 heavy (non-hydrogen) atoms. The van der Waals surface area contributed by atoms with E-state index in [0.29, 0.717) is 50.3 Å². The van der Waals surface area contributed by atoms with E-state index in [9.17, 15) is 14.0 Å². The second kappa shape index (κ2) is 8.84. The zero-order chi connectivity index (χ0) is 16.1. The Morgan fingerprint density at radius 3 is 2.35 bits per heavy atom. The van der Waals surface area contributed by atoms with E-state index in [1.54, 1.807) is 28.9 Å². The molecule has 1 saturated heterocycles. The number of halogens is 2. The number of carbonyl (C=O) groups excluding carboxylic acids is 2. The third-order valence-electron chi connectivity index (χ3n) is 3.93. The summed E-state index contributed by atoms with van der Waals surface area (Å²) in [6.07, 6.45) is 0.466. The van der Waals surface area contributed by atoms with Crippen molar-refractivity contribution in [1.82, 2.24) is 15.1 Å². The van der Waals surface area contributed by atoms with Crippen LogP contribution in [0.15, 0.2) is 18.2 Å². The molecule has 0 aromatic heterocycles. The van der Waals surface area contributed by atoms with Crippen LogP contribution < -0.4 is 5.32 Å². The van der Waals surface area contributed by atoms with E-state index in [1.807, 2.05) is 7.05 Å². The molecule has 1 aromatic carbocycles. The molecule has 0 aliphatic carbocycles. The van der Waals surface area contributed by atoms with Crippen LogP contribution in [0.3, 0.4) is 0 Å². The largest absolute Gasteiger partial charge is 0.339 e. The highest BCUT2D eigenvalue weighted by molar-refractivity contribution is 5.94. The smallest absolute Gasteiger partial charge is 0.254 e. The number of nitrogens with zero attached hydrogens (tertiary/aromatic N) is 2. The van der Waals surface area contributed by atoms with Crippen LogP contribution in [0.2, 0.25) is 0 Å². The van der Waals surface area contributed by atoms with Gasteiger partial charge in [0.05, 0.1) is 0 Å². The summed E-state index contributed by atoms with van der Waals surface area (Å²) in [4.78, 5) is 27.7. The molecule has 0 spiro atoms.